The van der Waals surface area contributed by atoms with Gasteiger partial charge in [-0.25, -0.2) is 4.98 Å². The van der Waals surface area contributed by atoms with Crippen LogP contribution >= 0.6 is 11.5 Å². The van der Waals surface area contributed by atoms with Crippen molar-refractivity contribution in [3.05, 3.63) is 5.82 Å². The van der Waals surface area contributed by atoms with Crippen LogP contribution in [0.25, 0.3) is 0 Å². The Labute approximate surface area is 83.2 Å². The second-order valence-corrected chi connectivity index (χ2v) is 3.63. The van der Waals surface area contributed by atoms with Crippen LogP contribution in [0.1, 0.15) is 12.7 Å². The maximum absolute atomic E-state index is 4.29. The second kappa shape index (κ2) is 5.14. The summed E-state index contributed by atoms with van der Waals surface area (Å²) in [6.07, 6.45) is 0. The van der Waals surface area contributed by atoms with E-state index in [1.165, 1.54) is 11.5 Å². The molecule has 0 fully saturated rings. The highest BCUT2D eigenvalue weighted by Gasteiger charge is 2.04. The molecule has 0 aliphatic carbocycles. The minimum absolute atomic E-state index is 0.857. The molecule has 0 atom stereocenters. The summed E-state index contributed by atoms with van der Waals surface area (Å²) >= 11 is 1.45. The highest BCUT2D eigenvalue weighted by Crippen LogP contribution is 2.13. The summed E-state index contributed by atoms with van der Waals surface area (Å²) in [6, 6.07) is 0. The first-order valence-corrected chi connectivity index (χ1v) is 5.23. The smallest absolute Gasteiger partial charge is 0.204 e. The van der Waals surface area contributed by atoms with E-state index in [2.05, 4.69) is 26.5 Å². The van der Waals surface area contributed by atoms with Gasteiger partial charge in [-0.15, -0.1) is 0 Å². The van der Waals surface area contributed by atoms with Crippen LogP contribution in [0.2, 0.25) is 0 Å². The van der Waals surface area contributed by atoms with Crippen molar-refractivity contribution in [2.75, 3.05) is 31.6 Å². The number of aromatic nitrogens is 2. The topological polar surface area (TPSA) is 41.0 Å². The van der Waals surface area contributed by atoms with Crippen molar-refractivity contribution in [2.24, 2.45) is 0 Å². The Morgan fingerprint density at radius 2 is 2.31 bits per heavy atom. The summed E-state index contributed by atoms with van der Waals surface area (Å²) in [4.78, 5) is 6.41. The number of nitrogens with zero attached hydrogens (tertiary/aromatic N) is 3. The fourth-order valence-electron chi connectivity index (χ4n) is 0.960. The van der Waals surface area contributed by atoms with Gasteiger partial charge >= 0.3 is 0 Å². The van der Waals surface area contributed by atoms with Crippen molar-refractivity contribution in [1.29, 1.82) is 0 Å². The third kappa shape index (κ3) is 3.28. The molecule has 0 spiro atoms. The molecule has 0 saturated carbocycles. The first-order chi connectivity index (χ1) is 6.24. The number of nitrogens with one attached hydrogen (secondary N) is 1. The minimum Gasteiger partial charge on any atom is -0.349 e. The molecule has 0 aromatic carbocycles. The summed E-state index contributed by atoms with van der Waals surface area (Å²) in [6.45, 7) is 7.00. The Hall–Kier alpha value is -0.680. The Kier molecular flexibility index (Phi) is 4.11. The predicted octanol–water partition coefficient (Wildman–Crippen LogP) is 0.892. The maximum atomic E-state index is 4.29. The number of aryl methyl sites for hydroxylation is 1. The second-order valence-electron chi connectivity index (χ2n) is 2.90. The van der Waals surface area contributed by atoms with Crippen LogP contribution in [-0.4, -0.2) is 36.0 Å². The van der Waals surface area contributed by atoms with Crippen molar-refractivity contribution >= 4 is 16.7 Å². The molecule has 13 heavy (non-hydrogen) atoms. The average Bonchev–Trinajstić information content (AvgIpc) is 2.52. The van der Waals surface area contributed by atoms with Gasteiger partial charge in [-0.05, 0) is 13.5 Å². The molecule has 1 aromatic rings. The van der Waals surface area contributed by atoms with Gasteiger partial charge in [0.05, 0.1) is 0 Å². The summed E-state index contributed by atoms with van der Waals surface area (Å²) in [5, 5.41) is 4.27. The van der Waals surface area contributed by atoms with E-state index in [1.807, 2.05) is 14.0 Å². The van der Waals surface area contributed by atoms with Crippen LogP contribution in [0.15, 0.2) is 0 Å². The first kappa shape index (κ1) is 10.4. The summed E-state index contributed by atoms with van der Waals surface area (Å²) < 4.78 is 4.13. The largest absolute Gasteiger partial charge is 0.349 e. The lowest BCUT2D eigenvalue weighted by Crippen LogP contribution is -2.28. The zero-order valence-corrected chi connectivity index (χ0v) is 9.19. The van der Waals surface area contributed by atoms with E-state index in [4.69, 9.17) is 0 Å². The molecule has 1 rings (SSSR count). The lowest BCUT2D eigenvalue weighted by molar-refractivity contribution is 0.705. The SMILES string of the molecule is CCNCCN(C)c1nc(C)ns1. The van der Waals surface area contributed by atoms with E-state index in [-0.39, 0.29) is 0 Å². The number of rotatable bonds is 5. The standard InChI is InChI=1S/C8H16N4S/c1-4-9-5-6-12(3)8-10-7(2)11-13-8/h9H,4-6H2,1-3H3. The van der Waals surface area contributed by atoms with Crippen molar-refractivity contribution in [3.63, 3.8) is 0 Å². The van der Waals surface area contributed by atoms with Crippen molar-refractivity contribution in [1.82, 2.24) is 14.7 Å². The minimum atomic E-state index is 0.857. The van der Waals surface area contributed by atoms with Gasteiger partial charge in [-0.1, -0.05) is 6.92 Å². The fraction of sp³-hybridized carbons (Fsp3) is 0.750. The summed E-state index contributed by atoms with van der Waals surface area (Å²) in [5.41, 5.74) is 0. The molecule has 5 heteroatoms. The van der Waals surface area contributed by atoms with E-state index in [0.29, 0.717) is 0 Å². The van der Waals surface area contributed by atoms with E-state index < -0.39 is 0 Å². The van der Waals surface area contributed by atoms with E-state index in [0.717, 1.165) is 30.6 Å². The molecular formula is C8H16N4S. The molecule has 1 N–H and O–H groups in total. The highest BCUT2D eigenvalue weighted by molar-refractivity contribution is 7.09. The van der Waals surface area contributed by atoms with Crippen LogP contribution in [0.3, 0.4) is 0 Å². The monoisotopic (exact) mass is 200 g/mol. The van der Waals surface area contributed by atoms with Gasteiger partial charge in [0.15, 0.2) is 0 Å². The van der Waals surface area contributed by atoms with Crippen LogP contribution in [-0.2, 0) is 0 Å². The Bertz CT molecular complexity index is 248. The summed E-state index contributed by atoms with van der Waals surface area (Å²) in [5.74, 6) is 0.857. The number of anilines is 1. The van der Waals surface area contributed by atoms with E-state index in [9.17, 15) is 0 Å². The van der Waals surface area contributed by atoms with Gasteiger partial charge in [0.1, 0.15) is 5.82 Å². The van der Waals surface area contributed by atoms with Gasteiger partial charge in [0.2, 0.25) is 5.13 Å². The lowest BCUT2D eigenvalue weighted by Gasteiger charge is -2.14. The van der Waals surface area contributed by atoms with Crippen LogP contribution in [0.5, 0.6) is 0 Å². The van der Waals surface area contributed by atoms with Gasteiger partial charge in [0, 0.05) is 31.7 Å². The molecule has 0 unspecified atom stereocenters. The van der Waals surface area contributed by atoms with Crippen molar-refractivity contribution in [2.45, 2.75) is 13.8 Å². The molecule has 4 nitrogen and oxygen atoms in total. The normalized spacial score (nSPS) is 10.4. The van der Waals surface area contributed by atoms with Crippen molar-refractivity contribution in [3.8, 4) is 0 Å². The van der Waals surface area contributed by atoms with Gasteiger partial charge in [0.25, 0.3) is 0 Å². The molecule has 0 saturated heterocycles. The fourth-order valence-corrected chi connectivity index (χ4v) is 1.62. The molecule has 1 heterocycles. The Balaban J connectivity index is 2.35. The van der Waals surface area contributed by atoms with Gasteiger partial charge in [-0.2, -0.15) is 4.37 Å². The molecule has 1 aromatic heterocycles. The van der Waals surface area contributed by atoms with Crippen molar-refractivity contribution < 1.29 is 0 Å². The summed E-state index contributed by atoms with van der Waals surface area (Å²) in [7, 11) is 2.04. The zero-order valence-electron chi connectivity index (χ0n) is 8.37. The van der Waals surface area contributed by atoms with Gasteiger partial charge < -0.3 is 10.2 Å². The molecule has 74 valence electrons. The molecule has 0 aliphatic rings. The zero-order chi connectivity index (χ0) is 9.68. The molecule has 0 radical (unpaired) electrons. The lowest BCUT2D eigenvalue weighted by atomic mass is 10.5. The predicted molar refractivity (Wildman–Crippen MR) is 56.5 cm³/mol. The first-order valence-electron chi connectivity index (χ1n) is 4.46. The van der Waals surface area contributed by atoms with Crippen LogP contribution in [0, 0.1) is 6.92 Å². The third-order valence-corrected chi connectivity index (χ3v) is 2.64. The maximum Gasteiger partial charge on any atom is 0.204 e. The average molecular weight is 200 g/mol. The third-order valence-electron chi connectivity index (χ3n) is 1.72. The van der Waals surface area contributed by atoms with E-state index in [1.54, 1.807) is 0 Å². The van der Waals surface area contributed by atoms with E-state index >= 15 is 0 Å². The van der Waals surface area contributed by atoms with Crippen LogP contribution in [0.4, 0.5) is 5.13 Å². The molecule has 0 aliphatic heterocycles. The number of hydrogen-bond donors (Lipinski definition) is 1. The molecule has 0 amide bonds. The van der Waals surface area contributed by atoms with Gasteiger partial charge in [-0.3, -0.25) is 0 Å². The number of hydrogen-bond acceptors (Lipinski definition) is 5. The quantitative estimate of drug-likeness (QED) is 0.717. The van der Waals surface area contributed by atoms with Crippen LogP contribution < -0.4 is 10.2 Å². The number of likely N-dealkylation sites (N-methyl/N-ethyl adjacent to an activating group) is 2. The molecule has 0 bridgehead atoms. The highest BCUT2D eigenvalue weighted by atomic mass is 32.1. The Morgan fingerprint density at radius 3 is 2.85 bits per heavy atom. The Morgan fingerprint density at radius 1 is 1.54 bits per heavy atom. The molecular weight excluding hydrogens is 184 g/mol.